The molecule has 0 aromatic rings. The molecule has 0 amide bonds. The van der Waals surface area contributed by atoms with Crippen LogP contribution in [0.1, 0.15) is 38.5 Å². The van der Waals surface area contributed by atoms with Crippen LogP contribution >= 0.6 is 0 Å². The zero-order chi connectivity index (χ0) is 10.1. The van der Waals surface area contributed by atoms with Crippen molar-refractivity contribution in [2.45, 2.75) is 44.6 Å². The van der Waals surface area contributed by atoms with Gasteiger partial charge in [-0.2, -0.15) is 0 Å². The fraction of sp³-hybridized carbons (Fsp3) is 1.00. The predicted molar refractivity (Wildman–Crippen MR) is 60.8 cm³/mol. The van der Waals surface area contributed by atoms with Crippen LogP contribution in [0.5, 0.6) is 0 Å². The molecule has 0 spiro atoms. The molecule has 86 valence electrons. The summed E-state index contributed by atoms with van der Waals surface area (Å²) >= 11 is 0. The quantitative estimate of drug-likeness (QED) is 0.619. The Morgan fingerprint density at radius 3 is 2.20 bits per heavy atom. The first-order valence-corrected chi connectivity index (χ1v) is 6.74. The number of hydrogen-bond acceptors (Lipinski definition) is 2. The Labute approximate surface area is 92.8 Å². The lowest BCUT2D eigenvalue weighted by atomic mass is 10.1. The molecule has 15 heavy (non-hydrogen) atoms. The van der Waals surface area contributed by atoms with E-state index in [1.165, 1.54) is 38.5 Å². The fourth-order valence-corrected chi connectivity index (χ4v) is 2.46. The minimum atomic E-state index is 0.842. The van der Waals surface area contributed by atoms with Crippen molar-refractivity contribution in [1.82, 2.24) is 5.32 Å². The topological polar surface area (TPSA) is 21.3 Å². The molecular formula is C13H23NO. The minimum absolute atomic E-state index is 0.842. The van der Waals surface area contributed by atoms with E-state index in [0.29, 0.717) is 0 Å². The fourth-order valence-electron chi connectivity index (χ4n) is 2.46. The summed E-state index contributed by atoms with van der Waals surface area (Å²) in [5.74, 6) is 2.94. The van der Waals surface area contributed by atoms with Crippen LogP contribution in [0.3, 0.4) is 0 Å². The summed E-state index contributed by atoms with van der Waals surface area (Å²) in [7, 11) is 0. The average molecular weight is 209 g/mol. The van der Waals surface area contributed by atoms with Crippen LogP contribution in [-0.2, 0) is 4.74 Å². The molecular weight excluding hydrogens is 186 g/mol. The second kappa shape index (κ2) is 4.42. The zero-order valence-electron chi connectivity index (χ0n) is 9.58. The van der Waals surface area contributed by atoms with Crippen molar-refractivity contribution in [2.75, 3.05) is 19.8 Å². The van der Waals surface area contributed by atoms with Crippen LogP contribution in [-0.4, -0.2) is 25.8 Å². The Morgan fingerprint density at radius 2 is 1.67 bits per heavy atom. The highest BCUT2D eigenvalue weighted by atomic mass is 16.5. The predicted octanol–water partition coefficient (Wildman–Crippen LogP) is 2.19. The first-order valence-electron chi connectivity index (χ1n) is 6.74. The minimum Gasteiger partial charge on any atom is -0.380 e. The van der Waals surface area contributed by atoms with Crippen LogP contribution in [0, 0.1) is 17.8 Å². The van der Waals surface area contributed by atoms with Crippen LogP contribution in [0.15, 0.2) is 0 Å². The van der Waals surface area contributed by atoms with Gasteiger partial charge in [0, 0.05) is 19.2 Å². The highest BCUT2D eigenvalue weighted by Crippen LogP contribution is 2.44. The smallest absolute Gasteiger partial charge is 0.0591 e. The summed E-state index contributed by atoms with van der Waals surface area (Å²) < 4.78 is 5.65. The molecule has 0 radical (unpaired) electrons. The van der Waals surface area contributed by atoms with E-state index < -0.39 is 0 Å². The molecule has 3 aliphatic carbocycles. The van der Waals surface area contributed by atoms with Crippen LogP contribution in [0.25, 0.3) is 0 Å². The van der Waals surface area contributed by atoms with Gasteiger partial charge >= 0.3 is 0 Å². The van der Waals surface area contributed by atoms with Gasteiger partial charge in [0.25, 0.3) is 0 Å². The van der Waals surface area contributed by atoms with Crippen molar-refractivity contribution >= 4 is 0 Å². The largest absolute Gasteiger partial charge is 0.380 e. The summed E-state index contributed by atoms with van der Waals surface area (Å²) in [5, 5.41) is 3.71. The second-order valence-electron chi connectivity index (χ2n) is 5.67. The second-order valence-corrected chi connectivity index (χ2v) is 5.67. The zero-order valence-corrected chi connectivity index (χ0v) is 9.58. The molecule has 0 aromatic heterocycles. The molecule has 3 aliphatic rings. The monoisotopic (exact) mass is 209 g/mol. The van der Waals surface area contributed by atoms with Gasteiger partial charge < -0.3 is 10.1 Å². The van der Waals surface area contributed by atoms with Crippen molar-refractivity contribution < 1.29 is 4.74 Å². The molecule has 2 heteroatoms. The molecule has 3 rings (SSSR count). The van der Waals surface area contributed by atoms with E-state index >= 15 is 0 Å². The number of hydrogen-bond donors (Lipinski definition) is 1. The van der Waals surface area contributed by atoms with Gasteiger partial charge in [-0.25, -0.2) is 0 Å². The normalized spacial score (nSPS) is 26.2. The molecule has 1 N–H and O–H groups in total. The Morgan fingerprint density at radius 1 is 1.00 bits per heavy atom. The molecule has 3 fully saturated rings. The van der Waals surface area contributed by atoms with E-state index in [2.05, 4.69) is 5.32 Å². The maximum atomic E-state index is 5.65. The third kappa shape index (κ3) is 3.18. The van der Waals surface area contributed by atoms with Gasteiger partial charge in [0.05, 0.1) is 6.61 Å². The van der Waals surface area contributed by atoms with Crippen molar-refractivity contribution in [2.24, 2.45) is 17.8 Å². The van der Waals surface area contributed by atoms with Crippen LogP contribution in [0.2, 0.25) is 0 Å². The molecule has 0 unspecified atom stereocenters. The van der Waals surface area contributed by atoms with E-state index in [9.17, 15) is 0 Å². The highest BCUT2D eigenvalue weighted by molar-refractivity contribution is 4.96. The van der Waals surface area contributed by atoms with E-state index in [0.717, 1.165) is 43.6 Å². The first kappa shape index (κ1) is 10.1. The molecule has 0 aliphatic heterocycles. The molecule has 0 bridgehead atoms. The number of nitrogens with one attached hydrogen (secondary N) is 1. The number of rotatable bonds is 8. The van der Waals surface area contributed by atoms with E-state index in [-0.39, 0.29) is 0 Å². The lowest BCUT2D eigenvalue weighted by Crippen LogP contribution is -2.35. The Kier molecular flexibility index (Phi) is 2.98. The molecule has 2 nitrogen and oxygen atoms in total. The maximum absolute atomic E-state index is 5.65. The highest BCUT2D eigenvalue weighted by Gasteiger charge is 2.40. The maximum Gasteiger partial charge on any atom is 0.0591 e. The summed E-state index contributed by atoms with van der Waals surface area (Å²) in [6.07, 6.45) is 8.68. The van der Waals surface area contributed by atoms with Crippen molar-refractivity contribution in [1.29, 1.82) is 0 Å². The third-order valence-corrected chi connectivity index (χ3v) is 3.94. The standard InChI is InChI=1S/C13H23NO/c1-2-10(1)9-15-8-7-14-13(11-3-4-11)12-5-6-12/h10-14H,1-9H2. The molecule has 0 atom stereocenters. The molecule has 0 aromatic carbocycles. The lowest BCUT2D eigenvalue weighted by Gasteiger charge is -2.17. The summed E-state index contributed by atoms with van der Waals surface area (Å²) in [5.41, 5.74) is 0. The van der Waals surface area contributed by atoms with E-state index in [1.54, 1.807) is 0 Å². The van der Waals surface area contributed by atoms with Gasteiger partial charge in [-0.15, -0.1) is 0 Å². The Hall–Kier alpha value is -0.0800. The summed E-state index contributed by atoms with van der Waals surface area (Å²) in [6.45, 7) is 3.01. The molecule has 0 heterocycles. The van der Waals surface area contributed by atoms with Gasteiger partial charge in [0.1, 0.15) is 0 Å². The third-order valence-electron chi connectivity index (χ3n) is 3.94. The van der Waals surface area contributed by atoms with Crippen LogP contribution in [0.4, 0.5) is 0 Å². The SMILES string of the molecule is C(COCC1CC1)NC(C1CC1)C1CC1. The van der Waals surface area contributed by atoms with E-state index in [4.69, 9.17) is 4.74 Å². The Balaban J connectivity index is 1.26. The van der Waals surface area contributed by atoms with Gasteiger partial charge in [-0.05, 0) is 56.3 Å². The summed E-state index contributed by atoms with van der Waals surface area (Å²) in [6, 6.07) is 0.842. The lowest BCUT2D eigenvalue weighted by molar-refractivity contribution is 0.122. The molecule has 3 saturated carbocycles. The van der Waals surface area contributed by atoms with Crippen LogP contribution < -0.4 is 5.32 Å². The van der Waals surface area contributed by atoms with Gasteiger partial charge in [0.15, 0.2) is 0 Å². The Bertz CT molecular complexity index is 195. The van der Waals surface area contributed by atoms with Gasteiger partial charge in [0.2, 0.25) is 0 Å². The van der Waals surface area contributed by atoms with E-state index in [1.807, 2.05) is 0 Å². The first-order chi connectivity index (χ1) is 7.43. The number of ether oxygens (including phenoxy) is 1. The van der Waals surface area contributed by atoms with Gasteiger partial charge in [-0.3, -0.25) is 0 Å². The van der Waals surface area contributed by atoms with Gasteiger partial charge in [-0.1, -0.05) is 0 Å². The average Bonchev–Trinajstić information content (AvgIpc) is 3.12. The van der Waals surface area contributed by atoms with Crippen molar-refractivity contribution in [3.63, 3.8) is 0 Å². The van der Waals surface area contributed by atoms with Crippen molar-refractivity contribution in [3.8, 4) is 0 Å². The molecule has 0 saturated heterocycles. The summed E-state index contributed by atoms with van der Waals surface area (Å²) in [4.78, 5) is 0. The van der Waals surface area contributed by atoms with Crippen molar-refractivity contribution in [3.05, 3.63) is 0 Å².